The third-order valence-corrected chi connectivity index (χ3v) is 5.42. The van der Waals surface area contributed by atoms with Gasteiger partial charge in [-0.1, -0.05) is 0 Å². The van der Waals surface area contributed by atoms with Gasteiger partial charge in [-0.15, -0.1) is 11.3 Å². The molecule has 0 fully saturated rings. The van der Waals surface area contributed by atoms with Gasteiger partial charge in [-0.2, -0.15) is 5.26 Å². The largest absolute Gasteiger partial charge is 0.493 e. The smallest absolute Gasteiger partial charge is 0.257 e. The second kappa shape index (κ2) is 8.68. The number of aryl methyl sites for hydroxylation is 2. The molecule has 3 rings (SSSR count). The molecule has 1 aromatic heterocycles. The Morgan fingerprint density at radius 2 is 2.19 bits per heavy atom. The minimum atomic E-state index is -0.197. The first-order valence-corrected chi connectivity index (χ1v) is 9.46. The fourth-order valence-electron chi connectivity index (χ4n) is 2.87. The van der Waals surface area contributed by atoms with Gasteiger partial charge >= 0.3 is 0 Å². The first-order valence-electron chi connectivity index (χ1n) is 8.64. The number of nitrogens with one attached hydrogen (secondary N) is 1. The number of nitriles is 1. The third kappa shape index (κ3) is 4.52. The van der Waals surface area contributed by atoms with Crippen molar-refractivity contribution in [1.29, 1.82) is 5.26 Å². The summed E-state index contributed by atoms with van der Waals surface area (Å²) in [7, 11) is 1.50. The van der Waals surface area contributed by atoms with Crippen molar-refractivity contribution in [2.45, 2.75) is 32.1 Å². The van der Waals surface area contributed by atoms with Crippen LogP contribution in [-0.2, 0) is 24.1 Å². The standard InChI is InChI=1S/C19H21N3O3S/c1-24-16-10-13(11-20)6-7-15(16)25-12-18(23)21-9-8-19-22-14-4-2-3-5-17(14)26-19/h6-7,10H,2-5,8-9,12H2,1H3,(H,21,23). The number of methoxy groups -OCH3 is 1. The number of ether oxygens (including phenoxy) is 2. The number of nitrogens with zero attached hydrogens (tertiary/aromatic N) is 2. The Labute approximate surface area is 156 Å². The summed E-state index contributed by atoms with van der Waals surface area (Å²) in [6, 6.07) is 6.87. The molecule has 1 amide bonds. The minimum absolute atomic E-state index is 0.101. The molecule has 7 heteroatoms. The lowest BCUT2D eigenvalue weighted by Crippen LogP contribution is -2.30. The number of benzene rings is 1. The summed E-state index contributed by atoms with van der Waals surface area (Å²) >= 11 is 1.77. The van der Waals surface area contributed by atoms with Crippen LogP contribution in [0.1, 0.15) is 34.0 Å². The van der Waals surface area contributed by atoms with Gasteiger partial charge in [0.2, 0.25) is 0 Å². The van der Waals surface area contributed by atoms with E-state index in [9.17, 15) is 4.79 Å². The fraction of sp³-hybridized carbons (Fsp3) is 0.421. The van der Waals surface area contributed by atoms with E-state index in [1.54, 1.807) is 29.5 Å². The Hall–Kier alpha value is -2.59. The maximum Gasteiger partial charge on any atom is 0.257 e. The zero-order chi connectivity index (χ0) is 18.4. The van der Waals surface area contributed by atoms with Crippen LogP contribution < -0.4 is 14.8 Å². The Bertz CT molecular complexity index is 802. The topological polar surface area (TPSA) is 84.2 Å². The molecule has 26 heavy (non-hydrogen) atoms. The number of amides is 1. The molecule has 0 atom stereocenters. The quantitative estimate of drug-likeness (QED) is 0.809. The summed E-state index contributed by atoms with van der Waals surface area (Å²) in [5.41, 5.74) is 1.73. The summed E-state index contributed by atoms with van der Waals surface area (Å²) < 4.78 is 10.7. The highest BCUT2D eigenvalue weighted by Gasteiger charge is 2.15. The van der Waals surface area contributed by atoms with E-state index in [1.807, 2.05) is 6.07 Å². The Morgan fingerprint density at radius 1 is 1.35 bits per heavy atom. The van der Waals surface area contributed by atoms with Crippen molar-refractivity contribution >= 4 is 17.2 Å². The number of fused-ring (bicyclic) bond motifs is 1. The number of rotatable bonds is 7. The van der Waals surface area contributed by atoms with Crippen LogP contribution in [0.4, 0.5) is 0 Å². The van der Waals surface area contributed by atoms with Gasteiger partial charge < -0.3 is 14.8 Å². The Kier molecular flexibility index (Phi) is 6.08. The van der Waals surface area contributed by atoms with E-state index in [4.69, 9.17) is 14.7 Å². The highest BCUT2D eigenvalue weighted by molar-refractivity contribution is 7.11. The molecular formula is C19H21N3O3S. The van der Waals surface area contributed by atoms with Crippen LogP contribution in [0.3, 0.4) is 0 Å². The summed E-state index contributed by atoms with van der Waals surface area (Å²) in [5.74, 6) is 0.678. The maximum atomic E-state index is 12.0. The normalized spacial score (nSPS) is 12.8. The molecule has 1 aliphatic rings. The fourth-order valence-corrected chi connectivity index (χ4v) is 4.03. The molecule has 136 valence electrons. The molecule has 0 unspecified atom stereocenters. The zero-order valence-corrected chi connectivity index (χ0v) is 15.5. The number of hydrogen-bond donors (Lipinski definition) is 1. The van der Waals surface area contributed by atoms with E-state index in [0.717, 1.165) is 24.3 Å². The molecule has 6 nitrogen and oxygen atoms in total. The van der Waals surface area contributed by atoms with Gasteiger partial charge in [0.1, 0.15) is 0 Å². The first kappa shape index (κ1) is 18.2. The second-order valence-electron chi connectivity index (χ2n) is 6.05. The zero-order valence-electron chi connectivity index (χ0n) is 14.7. The van der Waals surface area contributed by atoms with Crippen molar-refractivity contribution < 1.29 is 14.3 Å². The molecule has 1 N–H and O–H groups in total. The number of hydrogen-bond acceptors (Lipinski definition) is 6. The SMILES string of the molecule is COc1cc(C#N)ccc1OCC(=O)NCCc1nc2c(s1)CCCC2. The lowest BCUT2D eigenvalue weighted by atomic mass is 10.0. The lowest BCUT2D eigenvalue weighted by Gasteiger charge is -2.10. The molecule has 1 aromatic carbocycles. The molecule has 1 heterocycles. The molecule has 0 aliphatic heterocycles. The van der Waals surface area contributed by atoms with E-state index in [0.29, 0.717) is 23.6 Å². The summed E-state index contributed by atoms with van der Waals surface area (Å²) in [4.78, 5) is 18.1. The van der Waals surface area contributed by atoms with Crippen molar-refractivity contribution in [3.63, 3.8) is 0 Å². The highest BCUT2D eigenvalue weighted by Crippen LogP contribution is 2.28. The number of carbonyl (C=O) groups excluding carboxylic acids is 1. The van der Waals surface area contributed by atoms with E-state index in [2.05, 4.69) is 10.3 Å². The molecule has 0 saturated carbocycles. The molecule has 0 radical (unpaired) electrons. The molecule has 2 aromatic rings. The average molecular weight is 371 g/mol. The minimum Gasteiger partial charge on any atom is -0.493 e. The van der Waals surface area contributed by atoms with Crippen molar-refractivity contribution in [3.05, 3.63) is 39.3 Å². The van der Waals surface area contributed by atoms with E-state index in [-0.39, 0.29) is 12.5 Å². The number of thiazole rings is 1. The van der Waals surface area contributed by atoms with Gasteiger partial charge in [0.25, 0.3) is 5.91 Å². The van der Waals surface area contributed by atoms with Crippen LogP contribution in [-0.4, -0.2) is 31.2 Å². The van der Waals surface area contributed by atoms with Crippen molar-refractivity contribution in [3.8, 4) is 17.6 Å². The van der Waals surface area contributed by atoms with Crippen LogP contribution in [0, 0.1) is 11.3 Å². The predicted octanol–water partition coefficient (Wildman–Crippen LogP) is 2.64. The second-order valence-corrected chi connectivity index (χ2v) is 7.22. The monoisotopic (exact) mass is 371 g/mol. The van der Waals surface area contributed by atoms with Gasteiger partial charge in [-0.05, 0) is 37.8 Å². The summed E-state index contributed by atoms with van der Waals surface area (Å²) in [6.07, 6.45) is 5.44. The Morgan fingerprint density at radius 3 is 2.96 bits per heavy atom. The Balaban J connectivity index is 1.44. The van der Waals surface area contributed by atoms with Crippen molar-refractivity contribution in [2.24, 2.45) is 0 Å². The van der Waals surface area contributed by atoms with Crippen LogP contribution in [0.5, 0.6) is 11.5 Å². The van der Waals surface area contributed by atoms with E-state index < -0.39 is 0 Å². The molecule has 0 saturated heterocycles. The maximum absolute atomic E-state index is 12.0. The molecule has 0 spiro atoms. The van der Waals surface area contributed by atoms with Crippen molar-refractivity contribution in [2.75, 3.05) is 20.3 Å². The lowest BCUT2D eigenvalue weighted by molar-refractivity contribution is -0.123. The molecule has 0 bridgehead atoms. The summed E-state index contributed by atoms with van der Waals surface area (Å²) in [5, 5.41) is 12.8. The molecular weight excluding hydrogens is 350 g/mol. The van der Waals surface area contributed by atoms with Gasteiger partial charge in [-0.25, -0.2) is 4.98 Å². The van der Waals surface area contributed by atoms with E-state index >= 15 is 0 Å². The van der Waals surface area contributed by atoms with Gasteiger partial charge in [0, 0.05) is 23.9 Å². The van der Waals surface area contributed by atoms with Gasteiger partial charge in [0.05, 0.1) is 29.4 Å². The van der Waals surface area contributed by atoms with Crippen LogP contribution in [0.2, 0.25) is 0 Å². The third-order valence-electron chi connectivity index (χ3n) is 4.20. The van der Waals surface area contributed by atoms with Gasteiger partial charge in [0.15, 0.2) is 18.1 Å². The molecule has 1 aliphatic carbocycles. The number of aromatic nitrogens is 1. The summed E-state index contributed by atoms with van der Waals surface area (Å²) in [6.45, 7) is 0.440. The predicted molar refractivity (Wildman–Crippen MR) is 98.7 cm³/mol. The van der Waals surface area contributed by atoms with Crippen LogP contribution in [0.25, 0.3) is 0 Å². The first-order chi connectivity index (χ1) is 12.7. The van der Waals surface area contributed by atoms with E-state index in [1.165, 1.54) is 30.5 Å². The van der Waals surface area contributed by atoms with Crippen molar-refractivity contribution in [1.82, 2.24) is 10.3 Å². The average Bonchev–Trinajstić information content (AvgIpc) is 3.09. The number of carbonyl (C=O) groups is 1. The van der Waals surface area contributed by atoms with Gasteiger partial charge in [-0.3, -0.25) is 4.79 Å². The van der Waals surface area contributed by atoms with Crippen LogP contribution >= 0.6 is 11.3 Å². The van der Waals surface area contributed by atoms with Crippen LogP contribution in [0.15, 0.2) is 18.2 Å². The highest BCUT2D eigenvalue weighted by atomic mass is 32.1.